The molecule has 1 rings (SSSR count). The number of rotatable bonds is 2. The fourth-order valence-corrected chi connectivity index (χ4v) is 0.969. The highest BCUT2D eigenvalue weighted by atomic mass is 16.4. The number of nitrogens with zero attached hydrogens (tertiary/aromatic N) is 2. The van der Waals surface area contributed by atoms with Gasteiger partial charge in [0.1, 0.15) is 0 Å². The van der Waals surface area contributed by atoms with Crippen LogP contribution in [0.1, 0.15) is 11.3 Å². The van der Waals surface area contributed by atoms with Crippen LogP contribution in [0.2, 0.25) is 0 Å². The lowest BCUT2D eigenvalue weighted by molar-refractivity contribution is -0.150. The summed E-state index contributed by atoms with van der Waals surface area (Å²) >= 11 is 0. The fraction of sp³-hybridized carbons (Fsp3) is 0.375. The Morgan fingerprint density at radius 3 is 2.71 bits per heavy atom. The molecule has 0 fully saturated rings. The van der Waals surface area contributed by atoms with E-state index in [4.69, 9.17) is 5.11 Å². The van der Waals surface area contributed by atoms with E-state index in [-0.39, 0.29) is 6.54 Å². The third-order valence-corrected chi connectivity index (χ3v) is 1.97. The summed E-state index contributed by atoms with van der Waals surface area (Å²) in [4.78, 5) is 20.9. The van der Waals surface area contributed by atoms with Gasteiger partial charge in [0.2, 0.25) is 0 Å². The van der Waals surface area contributed by atoms with Gasteiger partial charge in [-0.15, -0.1) is 0 Å². The average Bonchev–Trinajstić information content (AvgIpc) is 2.44. The van der Waals surface area contributed by atoms with Crippen LogP contribution >= 0.6 is 0 Å². The number of amides is 1. The SMILES string of the molecule is Cc1c(CNC(=O)C(=O)O)cnn1C. The van der Waals surface area contributed by atoms with Gasteiger partial charge in [-0.2, -0.15) is 5.10 Å². The van der Waals surface area contributed by atoms with Gasteiger partial charge in [0.25, 0.3) is 0 Å². The maximum Gasteiger partial charge on any atom is 0.394 e. The molecule has 0 aromatic carbocycles. The number of aliphatic carboxylic acids is 1. The fourth-order valence-electron chi connectivity index (χ4n) is 0.969. The molecule has 1 heterocycles. The molecule has 0 atom stereocenters. The third kappa shape index (κ3) is 2.09. The Hall–Kier alpha value is -1.85. The summed E-state index contributed by atoms with van der Waals surface area (Å²) in [5.74, 6) is -2.49. The summed E-state index contributed by atoms with van der Waals surface area (Å²) in [5, 5.41) is 14.5. The van der Waals surface area contributed by atoms with E-state index in [0.29, 0.717) is 0 Å². The van der Waals surface area contributed by atoms with Crippen molar-refractivity contribution < 1.29 is 14.7 Å². The summed E-state index contributed by atoms with van der Waals surface area (Å²) in [6.07, 6.45) is 1.59. The second-order valence-corrected chi connectivity index (χ2v) is 2.87. The molecule has 0 unspecified atom stereocenters. The summed E-state index contributed by atoms with van der Waals surface area (Å²) < 4.78 is 1.66. The van der Waals surface area contributed by atoms with Gasteiger partial charge in [0.05, 0.1) is 6.20 Å². The Morgan fingerprint density at radius 2 is 2.29 bits per heavy atom. The number of aryl methyl sites for hydroxylation is 1. The van der Waals surface area contributed by atoms with Gasteiger partial charge in [-0.25, -0.2) is 4.79 Å². The van der Waals surface area contributed by atoms with E-state index in [1.54, 1.807) is 17.9 Å². The Labute approximate surface area is 80.5 Å². The monoisotopic (exact) mass is 197 g/mol. The van der Waals surface area contributed by atoms with Gasteiger partial charge < -0.3 is 10.4 Å². The summed E-state index contributed by atoms with van der Waals surface area (Å²) in [6, 6.07) is 0. The van der Waals surface area contributed by atoms with E-state index < -0.39 is 11.9 Å². The molecule has 0 aliphatic heterocycles. The number of nitrogens with one attached hydrogen (secondary N) is 1. The van der Waals surface area contributed by atoms with Gasteiger partial charge in [0, 0.05) is 24.8 Å². The molecule has 14 heavy (non-hydrogen) atoms. The molecule has 0 aliphatic rings. The first-order valence-corrected chi connectivity index (χ1v) is 4.01. The van der Waals surface area contributed by atoms with E-state index in [1.165, 1.54) is 0 Å². The number of carbonyl (C=O) groups excluding carboxylic acids is 1. The van der Waals surface area contributed by atoms with E-state index in [1.807, 2.05) is 6.92 Å². The number of carboxylic acids is 1. The topological polar surface area (TPSA) is 84.2 Å². The zero-order chi connectivity index (χ0) is 10.7. The molecule has 0 saturated carbocycles. The van der Waals surface area contributed by atoms with Crippen molar-refractivity contribution in [3.8, 4) is 0 Å². The molecule has 2 N–H and O–H groups in total. The Morgan fingerprint density at radius 1 is 1.64 bits per heavy atom. The zero-order valence-corrected chi connectivity index (χ0v) is 7.94. The van der Waals surface area contributed by atoms with E-state index >= 15 is 0 Å². The van der Waals surface area contributed by atoms with Crippen molar-refractivity contribution in [1.29, 1.82) is 0 Å². The number of hydrogen-bond acceptors (Lipinski definition) is 3. The van der Waals surface area contributed by atoms with Crippen LogP contribution in [0, 0.1) is 6.92 Å². The molecule has 6 nitrogen and oxygen atoms in total. The lowest BCUT2D eigenvalue weighted by atomic mass is 10.2. The van der Waals surface area contributed by atoms with Crippen LogP contribution in [0.25, 0.3) is 0 Å². The molecule has 0 radical (unpaired) electrons. The van der Waals surface area contributed by atoms with Gasteiger partial charge in [-0.3, -0.25) is 9.48 Å². The highest BCUT2D eigenvalue weighted by molar-refractivity contribution is 6.31. The number of aromatic nitrogens is 2. The van der Waals surface area contributed by atoms with Crippen LogP contribution in [0.4, 0.5) is 0 Å². The molecule has 0 aliphatic carbocycles. The predicted octanol–water partition coefficient (Wildman–Crippen LogP) is -0.571. The van der Waals surface area contributed by atoms with Crippen LogP contribution in [0.5, 0.6) is 0 Å². The quantitative estimate of drug-likeness (QED) is 0.622. The smallest absolute Gasteiger partial charge is 0.394 e. The van der Waals surface area contributed by atoms with Gasteiger partial charge in [-0.05, 0) is 6.92 Å². The van der Waals surface area contributed by atoms with E-state index in [2.05, 4.69) is 10.4 Å². The minimum absolute atomic E-state index is 0.185. The first-order valence-electron chi connectivity index (χ1n) is 4.01. The summed E-state index contributed by atoms with van der Waals surface area (Å²) in [7, 11) is 1.78. The Kier molecular flexibility index (Phi) is 2.85. The van der Waals surface area contributed by atoms with Gasteiger partial charge >= 0.3 is 11.9 Å². The molecule has 1 aromatic rings. The van der Waals surface area contributed by atoms with Crippen LogP contribution in [0.15, 0.2) is 6.20 Å². The highest BCUT2D eigenvalue weighted by Gasteiger charge is 2.11. The Bertz CT molecular complexity index is 370. The molecule has 0 spiro atoms. The lowest BCUT2D eigenvalue weighted by Crippen LogP contribution is -2.30. The minimum Gasteiger partial charge on any atom is -0.474 e. The van der Waals surface area contributed by atoms with Crippen molar-refractivity contribution in [2.75, 3.05) is 0 Å². The van der Waals surface area contributed by atoms with Crippen molar-refractivity contribution in [1.82, 2.24) is 15.1 Å². The van der Waals surface area contributed by atoms with Crippen molar-refractivity contribution in [3.05, 3.63) is 17.5 Å². The lowest BCUT2D eigenvalue weighted by Gasteiger charge is -2.01. The first kappa shape index (κ1) is 10.2. The van der Waals surface area contributed by atoms with E-state index in [9.17, 15) is 9.59 Å². The maximum atomic E-state index is 10.7. The number of hydrogen-bond donors (Lipinski definition) is 2. The van der Waals surface area contributed by atoms with Crippen LogP contribution in [-0.4, -0.2) is 26.8 Å². The Balaban J connectivity index is 2.58. The molecule has 0 saturated heterocycles. The standard InChI is InChI=1S/C8H11N3O3/c1-5-6(4-10-11(5)2)3-9-7(12)8(13)14/h4H,3H2,1-2H3,(H,9,12)(H,13,14). The summed E-state index contributed by atoms with van der Waals surface area (Å²) in [6.45, 7) is 2.03. The molecular formula is C8H11N3O3. The average molecular weight is 197 g/mol. The zero-order valence-electron chi connectivity index (χ0n) is 7.94. The van der Waals surface area contributed by atoms with Crippen LogP contribution in [-0.2, 0) is 23.2 Å². The third-order valence-electron chi connectivity index (χ3n) is 1.97. The molecule has 6 heteroatoms. The first-order chi connectivity index (χ1) is 6.52. The number of carbonyl (C=O) groups is 2. The van der Waals surface area contributed by atoms with Crippen molar-refractivity contribution in [2.45, 2.75) is 13.5 Å². The van der Waals surface area contributed by atoms with Crippen molar-refractivity contribution in [2.24, 2.45) is 7.05 Å². The maximum absolute atomic E-state index is 10.7. The summed E-state index contributed by atoms with van der Waals surface area (Å²) in [5.41, 5.74) is 1.71. The second-order valence-electron chi connectivity index (χ2n) is 2.87. The second kappa shape index (κ2) is 3.91. The molecular weight excluding hydrogens is 186 g/mol. The molecule has 1 amide bonds. The highest BCUT2D eigenvalue weighted by Crippen LogP contribution is 2.04. The van der Waals surface area contributed by atoms with E-state index in [0.717, 1.165) is 11.3 Å². The largest absolute Gasteiger partial charge is 0.474 e. The van der Waals surface area contributed by atoms with Crippen LogP contribution < -0.4 is 5.32 Å². The normalized spacial score (nSPS) is 9.86. The van der Waals surface area contributed by atoms with Gasteiger partial charge in [-0.1, -0.05) is 0 Å². The van der Waals surface area contributed by atoms with Crippen LogP contribution in [0.3, 0.4) is 0 Å². The molecule has 76 valence electrons. The molecule has 1 aromatic heterocycles. The van der Waals surface area contributed by atoms with Gasteiger partial charge in [0.15, 0.2) is 0 Å². The minimum atomic E-state index is -1.48. The van der Waals surface area contributed by atoms with Crippen molar-refractivity contribution >= 4 is 11.9 Å². The molecule has 0 bridgehead atoms. The van der Waals surface area contributed by atoms with Crippen molar-refractivity contribution in [3.63, 3.8) is 0 Å². The predicted molar refractivity (Wildman–Crippen MR) is 47.4 cm³/mol. The number of carboxylic acid groups (broad SMARTS) is 1.